The molecule has 0 atom stereocenters. The van der Waals surface area contributed by atoms with Gasteiger partial charge in [-0.1, -0.05) is 18.2 Å². The molecule has 0 N–H and O–H groups in total. The van der Waals surface area contributed by atoms with Gasteiger partial charge in [0.05, 0.1) is 12.1 Å². The van der Waals surface area contributed by atoms with Crippen molar-refractivity contribution in [3.8, 4) is 22.4 Å². The first-order valence-corrected chi connectivity index (χ1v) is 6.43. The van der Waals surface area contributed by atoms with Crippen molar-refractivity contribution in [1.29, 1.82) is 0 Å². The van der Waals surface area contributed by atoms with Crippen molar-refractivity contribution in [3.05, 3.63) is 60.8 Å². The highest BCUT2D eigenvalue weighted by Gasteiger charge is 2.11. The third-order valence-corrected chi connectivity index (χ3v) is 3.36. The first-order chi connectivity index (χ1) is 9.75. The van der Waals surface area contributed by atoms with Crippen LogP contribution in [0, 0.1) is 6.92 Å². The molecule has 0 aliphatic heterocycles. The molecule has 3 aromatic rings. The van der Waals surface area contributed by atoms with Crippen molar-refractivity contribution in [2.24, 2.45) is 7.05 Å². The van der Waals surface area contributed by atoms with E-state index < -0.39 is 0 Å². The Morgan fingerprint density at radius 3 is 2.65 bits per heavy atom. The zero-order valence-electron chi connectivity index (χ0n) is 11.5. The molecular formula is C16H15N4+. The van der Waals surface area contributed by atoms with Gasteiger partial charge >= 0.3 is 6.33 Å². The van der Waals surface area contributed by atoms with Gasteiger partial charge in [0.15, 0.2) is 5.69 Å². The Bertz CT molecular complexity index is 738. The first-order valence-electron chi connectivity index (χ1n) is 6.43. The molecule has 0 amide bonds. The molecule has 4 nitrogen and oxygen atoms in total. The van der Waals surface area contributed by atoms with Gasteiger partial charge in [0.1, 0.15) is 6.20 Å². The van der Waals surface area contributed by atoms with E-state index in [2.05, 4.69) is 46.4 Å². The predicted octanol–water partition coefficient (Wildman–Crippen LogP) is 2.34. The zero-order chi connectivity index (χ0) is 13.9. The van der Waals surface area contributed by atoms with E-state index in [9.17, 15) is 0 Å². The van der Waals surface area contributed by atoms with Crippen LogP contribution in [-0.2, 0) is 7.05 Å². The third kappa shape index (κ3) is 2.28. The minimum atomic E-state index is 1.04. The quantitative estimate of drug-likeness (QED) is 0.666. The summed E-state index contributed by atoms with van der Waals surface area (Å²) in [5.41, 5.74) is 5.67. The molecule has 0 spiro atoms. The van der Waals surface area contributed by atoms with Gasteiger partial charge in [0.25, 0.3) is 0 Å². The monoisotopic (exact) mass is 263 g/mol. The number of hydrogen-bond acceptors (Lipinski definition) is 3. The van der Waals surface area contributed by atoms with Crippen LogP contribution in [0.4, 0.5) is 0 Å². The Balaban J connectivity index is 2.15. The van der Waals surface area contributed by atoms with Crippen LogP contribution >= 0.6 is 0 Å². The summed E-state index contributed by atoms with van der Waals surface area (Å²) in [7, 11) is 1.97. The van der Waals surface area contributed by atoms with Crippen LogP contribution in [0.25, 0.3) is 22.4 Å². The van der Waals surface area contributed by atoms with Crippen LogP contribution in [0.2, 0.25) is 0 Å². The molecule has 1 aromatic carbocycles. The summed E-state index contributed by atoms with van der Waals surface area (Å²) in [6.45, 7) is 2.10. The van der Waals surface area contributed by atoms with E-state index in [-0.39, 0.29) is 0 Å². The second-order valence-corrected chi connectivity index (χ2v) is 4.74. The summed E-state index contributed by atoms with van der Waals surface area (Å²) in [5.74, 6) is 0. The van der Waals surface area contributed by atoms with E-state index >= 15 is 0 Å². The average molecular weight is 263 g/mol. The molecule has 0 saturated heterocycles. The number of pyridine rings is 1. The lowest BCUT2D eigenvalue weighted by Crippen LogP contribution is -2.31. The second kappa shape index (κ2) is 5.17. The summed E-state index contributed by atoms with van der Waals surface area (Å²) in [6, 6.07) is 10.4. The van der Waals surface area contributed by atoms with Gasteiger partial charge in [-0.05, 0) is 35.3 Å². The molecule has 0 radical (unpaired) electrons. The molecule has 0 saturated carbocycles. The van der Waals surface area contributed by atoms with Gasteiger partial charge < -0.3 is 0 Å². The minimum Gasteiger partial charge on any atom is -0.264 e. The average Bonchev–Trinajstić information content (AvgIpc) is 2.49. The molecule has 98 valence electrons. The lowest BCUT2D eigenvalue weighted by atomic mass is 9.99. The molecule has 0 fully saturated rings. The topological polar surface area (TPSA) is 42.6 Å². The van der Waals surface area contributed by atoms with Gasteiger partial charge in [-0.15, -0.1) is 0 Å². The van der Waals surface area contributed by atoms with Gasteiger partial charge in [-0.2, -0.15) is 0 Å². The van der Waals surface area contributed by atoms with Gasteiger partial charge in [-0.3, -0.25) is 4.98 Å². The number of benzene rings is 1. The largest absolute Gasteiger partial charge is 0.314 e. The number of nitrogens with zero attached hydrogens (tertiary/aromatic N) is 4. The van der Waals surface area contributed by atoms with E-state index in [0.717, 1.165) is 22.4 Å². The lowest BCUT2D eigenvalue weighted by Gasteiger charge is -2.08. The number of aryl methyl sites for hydroxylation is 2. The molecule has 0 aliphatic rings. The van der Waals surface area contributed by atoms with Crippen molar-refractivity contribution < 1.29 is 4.57 Å². The van der Waals surface area contributed by atoms with E-state index in [0.29, 0.717) is 0 Å². The fraction of sp³-hybridized carbons (Fsp3) is 0.125. The lowest BCUT2D eigenvalue weighted by molar-refractivity contribution is -0.664. The molecule has 0 bridgehead atoms. The number of hydrogen-bond donors (Lipinski definition) is 0. The number of rotatable bonds is 2. The van der Waals surface area contributed by atoms with Crippen LogP contribution in [-0.4, -0.2) is 15.2 Å². The Morgan fingerprint density at radius 1 is 1.00 bits per heavy atom. The summed E-state index contributed by atoms with van der Waals surface area (Å²) < 4.78 is 1.97. The Hall–Kier alpha value is -2.62. The van der Waals surface area contributed by atoms with Crippen LogP contribution in [0.5, 0.6) is 0 Å². The molecule has 2 heterocycles. The Morgan fingerprint density at radius 2 is 1.90 bits per heavy atom. The van der Waals surface area contributed by atoms with Crippen molar-refractivity contribution in [1.82, 2.24) is 15.2 Å². The van der Waals surface area contributed by atoms with Gasteiger partial charge in [0.2, 0.25) is 0 Å². The van der Waals surface area contributed by atoms with Crippen molar-refractivity contribution in [3.63, 3.8) is 0 Å². The highest BCUT2D eigenvalue weighted by Crippen LogP contribution is 2.26. The Labute approximate surface area is 117 Å². The molecule has 0 aliphatic carbocycles. The summed E-state index contributed by atoms with van der Waals surface area (Å²) in [6.07, 6.45) is 7.16. The molecular weight excluding hydrogens is 248 g/mol. The second-order valence-electron chi connectivity index (χ2n) is 4.74. The van der Waals surface area contributed by atoms with Gasteiger partial charge in [0, 0.05) is 23.5 Å². The highest BCUT2D eigenvalue weighted by molar-refractivity contribution is 5.71. The molecule has 4 heteroatoms. The van der Waals surface area contributed by atoms with Crippen molar-refractivity contribution >= 4 is 0 Å². The van der Waals surface area contributed by atoms with Crippen LogP contribution in [0.3, 0.4) is 0 Å². The fourth-order valence-corrected chi connectivity index (χ4v) is 2.22. The minimum absolute atomic E-state index is 1.04. The standard InChI is InChI=1S/C16H15N4/c1-12-5-6-13(14-4-3-7-17-9-14)8-15(12)16-10-18-19-11-20(16)2/h3-11H,1-2H3/q+1. The summed E-state index contributed by atoms with van der Waals surface area (Å²) in [5, 5.41) is 7.87. The van der Waals surface area contributed by atoms with E-state index in [4.69, 9.17) is 0 Å². The van der Waals surface area contributed by atoms with Crippen molar-refractivity contribution in [2.75, 3.05) is 0 Å². The molecule has 0 unspecified atom stereocenters. The van der Waals surface area contributed by atoms with Crippen LogP contribution in [0.15, 0.2) is 55.2 Å². The molecule has 2 aromatic heterocycles. The van der Waals surface area contributed by atoms with Crippen LogP contribution in [0.1, 0.15) is 5.56 Å². The van der Waals surface area contributed by atoms with Crippen molar-refractivity contribution in [2.45, 2.75) is 6.92 Å². The maximum Gasteiger partial charge on any atom is 0.314 e. The van der Waals surface area contributed by atoms with E-state index in [1.165, 1.54) is 5.56 Å². The molecule has 20 heavy (non-hydrogen) atoms. The summed E-state index contributed by atoms with van der Waals surface area (Å²) >= 11 is 0. The van der Waals surface area contributed by atoms with Gasteiger partial charge in [-0.25, -0.2) is 4.57 Å². The maximum atomic E-state index is 4.18. The van der Waals surface area contributed by atoms with E-state index in [1.54, 1.807) is 18.7 Å². The number of aromatic nitrogens is 4. The predicted molar refractivity (Wildman–Crippen MR) is 76.6 cm³/mol. The maximum absolute atomic E-state index is 4.18. The third-order valence-electron chi connectivity index (χ3n) is 3.36. The zero-order valence-corrected chi connectivity index (χ0v) is 11.5. The normalized spacial score (nSPS) is 10.5. The SMILES string of the molecule is Cc1ccc(-c2cccnc2)cc1-c1cnnc[n+]1C. The fourth-order valence-electron chi connectivity index (χ4n) is 2.22. The first kappa shape index (κ1) is 12.4. The van der Waals surface area contributed by atoms with Crippen LogP contribution < -0.4 is 4.57 Å². The van der Waals surface area contributed by atoms with E-state index in [1.807, 2.05) is 23.9 Å². The Kier molecular flexibility index (Phi) is 3.21. The summed E-state index contributed by atoms with van der Waals surface area (Å²) in [4.78, 5) is 4.18. The molecule has 3 rings (SSSR count). The smallest absolute Gasteiger partial charge is 0.264 e. The highest BCUT2D eigenvalue weighted by atomic mass is 15.2.